The molecule has 0 N–H and O–H groups in total. The van der Waals surface area contributed by atoms with Gasteiger partial charge < -0.3 is 4.84 Å². The van der Waals surface area contributed by atoms with Gasteiger partial charge in [0.2, 0.25) is 17.8 Å². The van der Waals surface area contributed by atoms with E-state index in [1.54, 1.807) is 41.8 Å². The number of hydrogen-bond donors (Lipinski definition) is 0. The average molecular weight is 361 g/mol. The molecule has 8 heteroatoms. The number of rotatable bonds is 3. The van der Waals surface area contributed by atoms with Crippen LogP contribution in [-0.4, -0.2) is 29.4 Å². The standard InChI is InChI=1S/C16H9ClN2O4S/c17-8-4-1-2-5-9(8)19-15(21)11-12(18-23-14(11)16(19)22)13(20)10-6-3-7-24-10/h1-7,11,14H. The number of carbonyl (C=O) groups is 3. The Labute approximate surface area is 145 Å². The van der Waals surface area contributed by atoms with Gasteiger partial charge in [0.25, 0.3) is 5.91 Å². The highest BCUT2D eigenvalue weighted by Gasteiger charge is 2.57. The lowest BCUT2D eigenvalue weighted by atomic mass is 9.96. The predicted molar refractivity (Wildman–Crippen MR) is 88.4 cm³/mol. The molecule has 0 bridgehead atoms. The van der Waals surface area contributed by atoms with Gasteiger partial charge >= 0.3 is 0 Å². The van der Waals surface area contributed by atoms with E-state index in [1.807, 2.05) is 0 Å². The number of benzene rings is 1. The Balaban J connectivity index is 1.70. The van der Waals surface area contributed by atoms with E-state index in [9.17, 15) is 14.4 Å². The van der Waals surface area contributed by atoms with Crippen molar-refractivity contribution in [3.05, 3.63) is 51.7 Å². The van der Waals surface area contributed by atoms with Crippen molar-refractivity contribution >= 4 is 51.9 Å². The van der Waals surface area contributed by atoms with Gasteiger partial charge in [-0.05, 0) is 23.6 Å². The molecule has 6 nitrogen and oxygen atoms in total. The number of Topliss-reactive ketones (excluding diaryl/α,β-unsaturated/α-hetero) is 1. The van der Waals surface area contributed by atoms with Gasteiger partial charge in [0.05, 0.1) is 15.6 Å². The van der Waals surface area contributed by atoms with Crippen LogP contribution in [0.1, 0.15) is 9.67 Å². The van der Waals surface area contributed by atoms with Gasteiger partial charge in [0, 0.05) is 0 Å². The summed E-state index contributed by atoms with van der Waals surface area (Å²) in [5.41, 5.74) is 0.227. The van der Waals surface area contributed by atoms with E-state index in [-0.39, 0.29) is 16.4 Å². The molecule has 1 saturated heterocycles. The van der Waals surface area contributed by atoms with Crippen molar-refractivity contribution < 1.29 is 19.2 Å². The fourth-order valence-electron chi connectivity index (χ4n) is 2.77. The first-order valence-electron chi connectivity index (χ1n) is 7.04. The number of amides is 2. The second-order valence-corrected chi connectivity index (χ2v) is 6.60. The molecule has 2 aliphatic heterocycles. The number of nitrogens with zero attached hydrogens (tertiary/aromatic N) is 2. The number of oxime groups is 1. The molecule has 0 aliphatic carbocycles. The number of thiophene rings is 1. The normalized spacial score (nSPS) is 22.4. The monoisotopic (exact) mass is 360 g/mol. The lowest BCUT2D eigenvalue weighted by Crippen LogP contribution is -2.34. The van der Waals surface area contributed by atoms with E-state index < -0.39 is 29.6 Å². The molecule has 2 amide bonds. The third kappa shape index (κ3) is 2.09. The Morgan fingerprint density at radius 2 is 1.96 bits per heavy atom. The zero-order valence-electron chi connectivity index (χ0n) is 12.0. The number of para-hydroxylation sites is 1. The molecule has 3 heterocycles. The molecular formula is C16H9ClN2O4S. The summed E-state index contributed by atoms with van der Waals surface area (Å²) in [5, 5.41) is 5.71. The Bertz CT molecular complexity index is 893. The molecule has 1 fully saturated rings. The fourth-order valence-corrected chi connectivity index (χ4v) is 3.66. The molecule has 24 heavy (non-hydrogen) atoms. The average Bonchev–Trinajstić information content (AvgIpc) is 3.29. The Morgan fingerprint density at radius 3 is 2.67 bits per heavy atom. The highest BCUT2D eigenvalue weighted by Crippen LogP contribution is 2.37. The molecule has 1 aromatic heterocycles. The Kier molecular flexibility index (Phi) is 3.47. The number of carbonyl (C=O) groups excluding carboxylic acids is 3. The van der Waals surface area contributed by atoms with Gasteiger partial charge in [0.15, 0.2) is 0 Å². The number of imide groups is 1. The summed E-state index contributed by atoms with van der Waals surface area (Å²) >= 11 is 7.33. The van der Waals surface area contributed by atoms with Crippen molar-refractivity contribution in [2.45, 2.75) is 6.10 Å². The van der Waals surface area contributed by atoms with Gasteiger partial charge in [-0.25, -0.2) is 4.90 Å². The summed E-state index contributed by atoms with van der Waals surface area (Å²) in [6, 6.07) is 9.87. The second kappa shape index (κ2) is 5.54. The van der Waals surface area contributed by atoms with Crippen molar-refractivity contribution in [2.24, 2.45) is 11.1 Å². The summed E-state index contributed by atoms with van der Waals surface area (Å²) in [6.07, 6.45) is -1.12. The smallest absolute Gasteiger partial charge is 0.279 e. The van der Waals surface area contributed by atoms with Crippen LogP contribution in [0.15, 0.2) is 46.9 Å². The molecule has 120 valence electrons. The molecule has 2 unspecified atom stereocenters. The minimum Gasteiger partial charge on any atom is -0.381 e. The van der Waals surface area contributed by atoms with Crippen LogP contribution in [0.4, 0.5) is 5.69 Å². The zero-order valence-corrected chi connectivity index (χ0v) is 13.6. The van der Waals surface area contributed by atoms with Gasteiger partial charge in [0.1, 0.15) is 11.6 Å². The maximum absolute atomic E-state index is 12.8. The lowest BCUT2D eigenvalue weighted by Gasteiger charge is -2.16. The highest BCUT2D eigenvalue weighted by molar-refractivity contribution is 7.13. The zero-order chi connectivity index (χ0) is 16.8. The number of halogens is 1. The van der Waals surface area contributed by atoms with E-state index in [1.165, 1.54) is 11.3 Å². The molecule has 0 radical (unpaired) electrons. The van der Waals surface area contributed by atoms with E-state index in [0.29, 0.717) is 4.88 Å². The largest absolute Gasteiger partial charge is 0.381 e. The summed E-state index contributed by atoms with van der Waals surface area (Å²) in [6.45, 7) is 0. The van der Waals surface area contributed by atoms with Crippen LogP contribution in [0.2, 0.25) is 5.02 Å². The molecule has 1 aromatic carbocycles. The maximum Gasteiger partial charge on any atom is 0.279 e. The number of ketones is 1. The Morgan fingerprint density at radius 1 is 1.17 bits per heavy atom. The van der Waals surface area contributed by atoms with Crippen molar-refractivity contribution in [1.82, 2.24) is 0 Å². The minimum absolute atomic E-state index is 0.0460. The van der Waals surface area contributed by atoms with E-state index >= 15 is 0 Å². The SMILES string of the molecule is O=C(C1=NOC2C(=O)N(c3ccccc3Cl)C(=O)C12)c1cccs1. The van der Waals surface area contributed by atoms with Gasteiger partial charge in [-0.1, -0.05) is 35.0 Å². The van der Waals surface area contributed by atoms with Crippen molar-refractivity contribution in [3.63, 3.8) is 0 Å². The summed E-state index contributed by atoms with van der Waals surface area (Å²) in [4.78, 5) is 44.3. The van der Waals surface area contributed by atoms with Crippen LogP contribution < -0.4 is 4.90 Å². The van der Waals surface area contributed by atoms with Gasteiger partial charge in [-0.2, -0.15) is 0 Å². The van der Waals surface area contributed by atoms with Crippen LogP contribution in [0.25, 0.3) is 0 Å². The molecule has 0 spiro atoms. The second-order valence-electron chi connectivity index (χ2n) is 5.25. The van der Waals surface area contributed by atoms with Crippen LogP contribution in [0.5, 0.6) is 0 Å². The third-order valence-corrected chi connectivity index (χ3v) is 5.07. The quantitative estimate of drug-likeness (QED) is 0.622. The fraction of sp³-hybridized carbons (Fsp3) is 0.125. The summed E-state index contributed by atoms with van der Waals surface area (Å²) in [7, 11) is 0. The molecular weight excluding hydrogens is 352 g/mol. The number of hydrogen-bond acceptors (Lipinski definition) is 6. The van der Waals surface area contributed by atoms with Crippen molar-refractivity contribution in [2.75, 3.05) is 4.90 Å². The van der Waals surface area contributed by atoms with Crippen LogP contribution >= 0.6 is 22.9 Å². The number of fused-ring (bicyclic) bond motifs is 1. The van der Waals surface area contributed by atoms with Crippen molar-refractivity contribution in [1.29, 1.82) is 0 Å². The predicted octanol–water partition coefficient (Wildman–Crippen LogP) is 2.53. The highest BCUT2D eigenvalue weighted by atomic mass is 35.5. The van der Waals surface area contributed by atoms with Crippen LogP contribution in [0.3, 0.4) is 0 Å². The van der Waals surface area contributed by atoms with Crippen molar-refractivity contribution in [3.8, 4) is 0 Å². The van der Waals surface area contributed by atoms with E-state index in [4.69, 9.17) is 16.4 Å². The first kappa shape index (κ1) is 15.0. The molecule has 2 atom stereocenters. The Hall–Kier alpha value is -2.51. The van der Waals surface area contributed by atoms with Gasteiger partial charge in [-0.3, -0.25) is 14.4 Å². The van der Waals surface area contributed by atoms with Crippen LogP contribution in [0, 0.1) is 5.92 Å². The summed E-state index contributed by atoms with van der Waals surface area (Å²) < 4.78 is 0. The van der Waals surface area contributed by atoms with E-state index in [0.717, 1.165) is 4.90 Å². The molecule has 2 aromatic rings. The lowest BCUT2D eigenvalue weighted by molar-refractivity contribution is -0.126. The molecule has 0 saturated carbocycles. The maximum atomic E-state index is 12.8. The third-order valence-electron chi connectivity index (χ3n) is 3.88. The summed E-state index contributed by atoms with van der Waals surface area (Å²) in [5.74, 6) is -2.57. The van der Waals surface area contributed by atoms with E-state index in [2.05, 4.69) is 5.16 Å². The number of anilines is 1. The first-order chi connectivity index (χ1) is 11.6. The molecule has 4 rings (SSSR count). The minimum atomic E-state index is -1.12. The topological polar surface area (TPSA) is 76.0 Å². The van der Waals surface area contributed by atoms with Crippen LogP contribution in [-0.2, 0) is 14.4 Å². The molecule has 2 aliphatic rings. The van der Waals surface area contributed by atoms with Gasteiger partial charge in [-0.15, -0.1) is 11.3 Å². The first-order valence-corrected chi connectivity index (χ1v) is 8.29.